The van der Waals surface area contributed by atoms with Crippen LogP contribution in [0.3, 0.4) is 0 Å². The lowest BCUT2D eigenvalue weighted by molar-refractivity contribution is -0.303. The zero-order valence-electron chi connectivity index (χ0n) is 45.5. The van der Waals surface area contributed by atoms with Gasteiger partial charge in [0, 0.05) is 0 Å². The number of amides is 1. The predicted octanol–water partition coefficient (Wildman–Crippen LogP) is 12.5. The molecule has 1 saturated heterocycles. The summed E-state index contributed by atoms with van der Waals surface area (Å²) in [5, 5.41) is 76.0. The standard InChI is InChI=1S/C60H111NO10/c1-3-5-7-9-11-13-15-17-19-20-21-22-23-24-25-26-27-28-29-30-31-32-33-34-36-38-40-42-44-46-48-53(64)59(69)61-51(50-70-60-58(68)57(67)56(66)54(49-62)71-60)55(65)52(63)47-45-43-41-39-37-35-18-16-14-12-10-8-6-4-2/h8,10,16,18,24-25,39,41,51-58,60,62-68H,3-7,9,11-15,17,19-23,26-38,40,42-50H2,1-2H3,(H,61,69)/b10-8+,18-16+,25-24-,41-39+. The molecule has 11 nitrogen and oxygen atoms in total. The van der Waals surface area contributed by atoms with E-state index in [9.17, 15) is 40.5 Å². The van der Waals surface area contributed by atoms with Crippen molar-refractivity contribution >= 4 is 5.91 Å². The van der Waals surface area contributed by atoms with E-state index in [1.807, 2.05) is 0 Å². The fourth-order valence-corrected chi connectivity index (χ4v) is 9.24. The lowest BCUT2D eigenvalue weighted by Gasteiger charge is -2.40. The number of aliphatic hydroxyl groups is 7. The fraction of sp³-hybridized carbons (Fsp3) is 0.850. The van der Waals surface area contributed by atoms with E-state index in [0.717, 1.165) is 51.4 Å². The Morgan fingerprint density at radius 1 is 0.479 bits per heavy atom. The summed E-state index contributed by atoms with van der Waals surface area (Å²) in [4.78, 5) is 13.2. The van der Waals surface area contributed by atoms with E-state index in [1.165, 1.54) is 161 Å². The highest BCUT2D eigenvalue weighted by molar-refractivity contribution is 5.80. The summed E-state index contributed by atoms with van der Waals surface area (Å²) in [6.45, 7) is 3.38. The first-order chi connectivity index (χ1) is 34.7. The molecule has 416 valence electrons. The zero-order valence-corrected chi connectivity index (χ0v) is 45.5. The van der Waals surface area contributed by atoms with Crippen molar-refractivity contribution in [3.63, 3.8) is 0 Å². The quantitative estimate of drug-likeness (QED) is 0.0215. The van der Waals surface area contributed by atoms with Gasteiger partial charge in [0.05, 0.1) is 25.4 Å². The van der Waals surface area contributed by atoms with Crippen LogP contribution in [-0.4, -0.2) is 110 Å². The van der Waals surface area contributed by atoms with Crippen molar-refractivity contribution in [2.24, 2.45) is 0 Å². The number of hydrogen-bond donors (Lipinski definition) is 8. The van der Waals surface area contributed by atoms with E-state index in [0.29, 0.717) is 19.3 Å². The number of aliphatic hydroxyl groups excluding tert-OH is 7. The fourth-order valence-electron chi connectivity index (χ4n) is 9.24. The number of carbonyl (C=O) groups excluding carboxylic acids is 1. The number of rotatable bonds is 50. The van der Waals surface area contributed by atoms with Crippen molar-refractivity contribution in [3.8, 4) is 0 Å². The molecule has 9 unspecified atom stereocenters. The van der Waals surface area contributed by atoms with Crippen LogP contribution in [0, 0.1) is 0 Å². The van der Waals surface area contributed by atoms with E-state index in [-0.39, 0.29) is 12.8 Å². The van der Waals surface area contributed by atoms with E-state index >= 15 is 0 Å². The SMILES string of the molecule is CCC/C=C/CC/C=C/CC/C=C/CCCC(O)C(O)C(COC1OC(CO)C(O)C(O)C1O)NC(=O)C(O)CCCCCCCCCCCCCCCC/C=C\CCCCCCCCCCCCCC. The van der Waals surface area contributed by atoms with E-state index < -0.39 is 74.2 Å². The van der Waals surface area contributed by atoms with Crippen LogP contribution in [0.5, 0.6) is 0 Å². The molecule has 0 spiro atoms. The van der Waals surface area contributed by atoms with E-state index in [4.69, 9.17) is 9.47 Å². The smallest absolute Gasteiger partial charge is 0.249 e. The number of unbranched alkanes of at least 4 members (excludes halogenated alkanes) is 30. The molecule has 0 bridgehead atoms. The number of hydrogen-bond acceptors (Lipinski definition) is 10. The first-order valence-corrected chi connectivity index (χ1v) is 29.5. The van der Waals surface area contributed by atoms with Crippen LogP contribution in [0.15, 0.2) is 48.6 Å². The average Bonchev–Trinajstić information content (AvgIpc) is 3.37. The van der Waals surface area contributed by atoms with Crippen LogP contribution in [0.2, 0.25) is 0 Å². The second-order valence-corrected chi connectivity index (χ2v) is 20.7. The monoisotopic (exact) mass is 1010 g/mol. The van der Waals surface area contributed by atoms with Crippen LogP contribution in [-0.2, 0) is 14.3 Å². The third-order valence-electron chi connectivity index (χ3n) is 14.0. The molecule has 0 aromatic rings. The molecule has 0 aromatic carbocycles. The lowest BCUT2D eigenvalue weighted by atomic mass is 9.98. The van der Waals surface area contributed by atoms with Gasteiger partial charge in [-0.2, -0.15) is 0 Å². The maximum Gasteiger partial charge on any atom is 0.249 e. The van der Waals surface area contributed by atoms with Crippen LogP contribution < -0.4 is 5.32 Å². The first-order valence-electron chi connectivity index (χ1n) is 29.5. The number of allylic oxidation sites excluding steroid dienone is 8. The Morgan fingerprint density at radius 2 is 0.873 bits per heavy atom. The maximum atomic E-state index is 13.2. The molecule has 8 N–H and O–H groups in total. The van der Waals surface area contributed by atoms with Crippen LogP contribution >= 0.6 is 0 Å². The molecule has 9 atom stereocenters. The van der Waals surface area contributed by atoms with Crippen molar-refractivity contribution in [1.82, 2.24) is 5.32 Å². The third kappa shape index (κ3) is 37.5. The van der Waals surface area contributed by atoms with Gasteiger partial charge in [0.2, 0.25) is 5.91 Å². The summed E-state index contributed by atoms with van der Waals surface area (Å²) in [7, 11) is 0. The van der Waals surface area contributed by atoms with Crippen molar-refractivity contribution in [2.75, 3.05) is 13.2 Å². The largest absolute Gasteiger partial charge is 0.394 e. The van der Waals surface area contributed by atoms with Crippen LogP contribution in [0.4, 0.5) is 0 Å². The van der Waals surface area contributed by atoms with Gasteiger partial charge in [0.15, 0.2) is 6.29 Å². The molecule has 0 radical (unpaired) electrons. The molecular weight excluding hydrogens is 895 g/mol. The van der Waals surface area contributed by atoms with Crippen molar-refractivity contribution in [2.45, 2.75) is 313 Å². The minimum atomic E-state index is -1.67. The zero-order chi connectivity index (χ0) is 51.8. The Bertz CT molecular complexity index is 1290. The normalized spacial score (nSPS) is 20.5. The van der Waals surface area contributed by atoms with Gasteiger partial charge in [-0.25, -0.2) is 0 Å². The van der Waals surface area contributed by atoms with E-state index in [2.05, 4.69) is 67.8 Å². The minimum absolute atomic E-state index is 0.240. The van der Waals surface area contributed by atoms with Crippen LogP contribution in [0.25, 0.3) is 0 Å². The Morgan fingerprint density at radius 3 is 1.31 bits per heavy atom. The third-order valence-corrected chi connectivity index (χ3v) is 14.0. The van der Waals surface area contributed by atoms with Crippen molar-refractivity contribution in [3.05, 3.63) is 48.6 Å². The topological polar surface area (TPSA) is 189 Å². The van der Waals surface area contributed by atoms with Gasteiger partial charge in [-0.05, 0) is 83.5 Å². The molecule has 0 aromatic heterocycles. The molecular formula is C60H111NO10. The second kappa shape index (κ2) is 49.0. The summed E-state index contributed by atoms with van der Waals surface area (Å²) in [5.74, 6) is -0.712. The van der Waals surface area contributed by atoms with Gasteiger partial charge in [-0.15, -0.1) is 0 Å². The van der Waals surface area contributed by atoms with E-state index in [1.54, 1.807) is 0 Å². The Labute approximate surface area is 434 Å². The number of carbonyl (C=O) groups is 1. The highest BCUT2D eigenvalue weighted by atomic mass is 16.7. The number of ether oxygens (including phenoxy) is 2. The highest BCUT2D eigenvalue weighted by Gasteiger charge is 2.44. The predicted molar refractivity (Wildman–Crippen MR) is 293 cm³/mol. The van der Waals surface area contributed by atoms with Crippen molar-refractivity contribution < 1.29 is 50.0 Å². The molecule has 1 amide bonds. The molecule has 0 aliphatic carbocycles. The molecule has 1 aliphatic heterocycles. The summed E-state index contributed by atoms with van der Waals surface area (Å²) in [5.41, 5.74) is 0. The maximum absolute atomic E-state index is 13.2. The van der Waals surface area contributed by atoms with Gasteiger partial charge in [-0.1, -0.05) is 223 Å². The Balaban J connectivity index is 2.24. The summed E-state index contributed by atoms with van der Waals surface area (Å²) in [6, 6.07) is -1.19. The minimum Gasteiger partial charge on any atom is -0.394 e. The van der Waals surface area contributed by atoms with Gasteiger partial charge in [0.25, 0.3) is 0 Å². The Hall–Kier alpha value is -1.93. The lowest BCUT2D eigenvalue weighted by Crippen LogP contribution is -2.60. The van der Waals surface area contributed by atoms with Gasteiger partial charge < -0.3 is 50.5 Å². The van der Waals surface area contributed by atoms with Gasteiger partial charge in [0.1, 0.15) is 36.6 Å². The molecule has 1 heterocycles. The van der Waals surface area contributed by atoms with Crippen molar-refractivity contribution in [1.29, 1.82) is 0 Å². The summed E-state index contributed by atoms with van der Waals surface area (Å²) >= 11 is 0. The molecule has 71 heavy (non-hydrogen) atoms. The first kappa shape index (κ1) is 67.1. The molecule has 0 saturated carbocycles. The van der Waals surface area contributed by atoms with Gasteiger partial charge >= 0.3 is 0 Å². The Kier molecular flexibility index (Phi) is 46.3. The molecule has 1 rings (SSSR count). The summed E-state index contributed by atoms with van der Waals surface area (Å²) < 4.78 is 11.1. The number of nitrogens with one attached hydrogen (secondary N) is 1. The second-order valence-electron chi connectivity index (χ2n) is 20.7. The summed E-state index contributed by atoms with van der Waals surface area (Å²) in [6.07, 6.45) is 50.4. The molecule has 1 fully saturated rings. The molecule has 11 heteroatoms. The van der Waals surface area contributed by atoms with Gasteiger partial charge in [-0.3, -0.25) is 4.79 Å². The average molecular weight is 1010 g/mol. The molecule has 1 aliphatic rings. The highest BCUT2D eigenvalue weighted by Crippen LogP contribution is 2.23. The van der Waals surface area contributed by atoms with Crippen LogP contribution in [0.1, 0.15) is 258 Å².